The first-order chi connectivity index (χ1) is 15.4. The fraction of sp³-hybridized carbons (Fsp3) is 0.400. The molecule has 2 aliphatic rings. The predicted octanol–water partition coefficient (Wildman–Crippen LogP) is 5.30. The largest absolute Gasteiger partial charge is 0.325 e. The molecule has 1 spiro atoms. The third-order valence-corrected chi connectivity index (χ3v) is 7.24. The van der Waals surface area contributed by atoms with Gasteiger partial charge in [0.25, 0.3) is 5.91 Å². The lowest BCUT2D eigenvalue weighted by Crippen LogP contribution is -2.49. The van der Waals surface area contributed by atoms with Gasteiger partial charge in [0.1, 0.15) is 11.4 Å². The summed E-state index contributed by atoms with van der Waals surface area (Å²) in [7, 11) is 0. The molecule has 1 saturated heterocycles. The van der Waals surface area contributed by atoms with Crippen LogP contribution in [0.3, 0.4) is 0 Å². The van der Waals surface area contributed by atoms with Crippen LogP contribution in [0.5, 0.6) is 0 Å². The molecule has 0 radical (unpaired) electrons. The number of hydrogen-bond donors (Lipinski definition) is 1. The number of rotatable bonds is 4. The molecule has 166 valence electrons. The predicted molar refractivity (Wildman–Crippen MR) is 124 cm³/mol. The summed E-state index contributed by atoms with van der Waals surface area (Å²) in [5.41, 5.74) is 2.03. The zero-order valence-corrected chi connectivity index (χ0v) is 19.1. The highest BCUT2D eigenvalue weighted by Gasteiger charge is 2.54. The second-order valence-corrected chi connectivity index (χ2v) is 9.66. The molecule has 1 aliphatic heterocycles. The molecular formula is C25H27ClN4O2. The van der Waals surface area contributed by atoms with Crippen LogP contribution in [0.25, 0.3) is 11.0 Å². The Morgan fingerprint density at radius 2 is 1.88 bits per heavy atom. The number of nitrogens with one attached hydrogen (secondary N) is 1. The minimum atomic E-state index is -0.766. The molecule has 6 nitrogen and oxygen atoms in total. The number of aromatic nitrogens is 2. The van der Waals surface area contributed by atoms with E-state index in [-0.39, 0.29) is 11.9 Å². The molecule has 3 amide bonds. The summed E-state index contributed by atoms with van der Waals surface area (Å²) in [5, 5.41) is 3.63. The number of carbonyl (C=O) groups excluding carboxylic acids is 2. The van der Waals surface area contributed by atoms with Crippen molar-refractivity contribution in [3.05, 3.63) is 64.9 Å². The van der Waals surface area contributed by atoms with Crippen molar-refractivity contribution in [3.63, 3.8) is 0 Å². The maximum absolute atomic E-state index is 13.5. The number of halogens is 1. The fourth-order valence-electron chi connectivity index (χ4n) is 5.07. The number of fused-ring (bicyclic) bond motifs is 1. The van der Waals surface area contributed by atoms with E-state index >= 15 is 0 Å². The molecule has 5 rings (SSSR count). The Kier molecular flexibility index (Phi) is 5.20. The van der Waals surface area contributed by atoms with Crippen molar-refractivity contribution in [1.29, 1.82) is 0 Å². The molecule has 1 aromatic heterocycles. The first-order valence-electron chi connectivity index (χ1n) is 11.2. The average Bonchev–Trinajstić information content (AvgIpc) is 3.25. The van der Waals surface area contributed by atoms with E-state index in [1.165, 1.54) is 4.90 Å². The number of carbonyl (C=O) groups is 2. The van der Waals surface area contributed by atoms with Gasteiger partial charge in [0.05, 0.1) is 17.1 Å². The molecule has 3 aromatic rings. The van der Waals surface area contributed by atoms with Gasteiger partial charge in [-0.3, -0.25) is 9.69 Å². The Morgan fingerprint density at radius 3 is 2.59 bits per heavy atom. The van der Waals surface area contributed by atoms with Gasteiger partial charge >= 0.3 is 6.03 Å². The number of imidazole rings is 1. The van der Waals surface area contributed by atoms with Gasteiger partial charge in [0.2, 0.25) is 0 Å². The Hall–Kier alpha value is -2.86. The van der Waals surface area contributed by atoms with E-state index in [9.17, 15) is 9.59 Å². The summed E-state index contributed by atoms with van der Waals surface area (Å²) in [6, 6.07) is 14.9. The maximum atomic E-state index is 13.5. The Labute approximate surface area is 192 Å². The number of nitrogens with zero attached hydrogens (tertiary/aromatic N) is 3. The van der Waals surface area contributed by atoms with Crippen LogP contribution in [0.4, 0.5) is 4.79 Å². The molecule has 1 aliphatic carbocycles. The minimum Gasteiger partial charge on any atom is -0.323 e. The van der Waals surface area contributed by atoms with Crippen molar-refractivity contribution >= 4 is 34.6 Å². The Bertz CT molecular complexity index is 1180. The number of urea groups is 1. The highest BCUT2D eigenvalue weighted by Crippen LogP contribution is 2.39. The third-order valence-electron chi connectivity index (χ3n) is 7.01. The number of benzene rings is 2. The van der Waals surface area contributed by atoms with Crippen LogP contribution in [0.15, 0.2) is 48.5 Å². The van der Waals surface area contributed by atoms with Gasteiger partial charge < -0.3 is 9.88 Å². The quantitative estimate of drug-likeness (QED) is 0.548. The maximum Gasteiger partial charge on any atom is 0.325 e. The minimum absolute atomic E-state index is 0.127. The van der Waals surface area contributed by atoms with Crippen molar-refractivity contribution in [3.8, 4) is 0 Å². The fourth-order valence-corrected chi connectivity index (χ4v) is 5.24. The van der Waals surface area contributed by atoms with Crippen molar-refractivity contribution < 1.29 is 9.59 Å². The summed E-state index contributed by atoms with van der Waals surface area (Å²) >= 11 is 6.22. The zero-order valence-electron chi connectivity index (χ0n) is 18.3. The lowest BCUT2D eigenvalue weighted by Gasteiger charge is -2.34. The van der Waals surface area contributed by atoms with Crippen molar-refractivity contribution in [2.75, 3.05) is 0 Å². The van der Waals surface area contributed by atoms with E-state index in [0.29, 0.717) is 36.2 Å². The Balaban J connectivity index is 1.54. The van der Waals surface area contributed by atoms with Gasteiger partial charge in [0.15, 0.2) is 0 Å². The van der Waals surface area contributed by atoms with Crippen molar-refractivity contribution in [2.24, 2.45) is 5.92 Å². The van der Waals surface area contributed by atoms with E-state index < -0.39 is 11.6 Å². The second kappa shape index (κ2) is 7.93. The third kappa shape index (κ3) is 3.47. The highest BCUT2D eigenvalue weighted by molar-refractivity contribution is 6.31. The summed E-state index contributed by atoms with van der Waals surface area (Å²) < 4.78 is 2.08. The standard InChI is InChI=1S/C25H27ClN4O2/c1-16-10-12-25(13-11-16)23(31)30(24(32)28-25)17(2)22-27-20-14-19(26)8-9-21(20)29(22)15-18-6-4-3-5-7-18/h3-9,14,16-17H,10-13,15H2,1-2H3,(H,28,32)/t16?,17-,25?/m0/s1. The molecule has 0 unspecified atom stereocenters. The van der Waals surface area contributed by atoms with Gasteiger partial charge in [-0.15, -0.1) is 0 Å². The van der Waals surface area contributed by atoms with Gasteiger partial charge in [-0.2, -0.15) is 0 Å². The summed E-state index contributed by atoms with van der Waals surface area (Å²) in [5.74, 6) is 1.13. The van der Waals surface area contributed by atoms with E-state index in [0.717, 1.165) is 29.4 Å². The lowest BCUT2D eigenvalue weighted by atomic mass is 9.77. The summed E-state index contributed by atoms with van der Waals surface area (Å²) in [6.07, 6.45) is 3.27. The molecule has 1 saturated carbocycles. The van der Waals surface area contributed by atoms with Gasteiger partial charge in [-0.1, -0.05) is 48.9 Å². The SMILES string of the molecule is CC1CCC2(CC1)NC(=O)N([C@@H](C)c1nc3cc(Cl)ccc3n1Cc1ccccc1)C2=O. The van der Waals surface area contributed by atoms with Gasteiger partial charge in [-0.05, 0) is 62.3 Å². The van der Waals surface area contributed by atoms with Gasteiger partial charge in [0, 0.05) is 11.6 Å². The highest BCUT2D eigenvalue weighted by atomic mass is 35.5. The summed E-state index contributed by atoms with van der Waals surface area (Å²) in [6.45, 7) is 4.67. The van der Waals surface area contributed by atoms with Crippen molar-refractivity contribution in [1.82, 2.24) is 19.8 Å². The number of hydrogen-bond acceptors (Lipinski definition) is 3. The lowest BCUT2D eigenvalue weighted by molar-refractivity contribution is -0.134. The smallest absolute Gasteiger partial charge is 0.323 e. The van der Waals surface area contributed by atoms with Crippen LogP contribution in [-0.4, -0.2) is 31.9 Å². The molecular weight excluding hydrogens is 424 g/mol. The second-order valence-electron chi connectivity index (χ2n) is 9.22. The molecule has 0 bridgehead atoms. The van der Waals surface area contributed by atoms with Gasteiger partial charge in [-0.25, -0.2) is 9.78 Å². The monoisotopic (exact) mass is 450 g/mol. The molecule has 2 aromatic carbocycles. The van der Waals surface area contributed by atoms with Crippen LogP contribution in [0.2, 0.25) is 5.02 Å². The topological polar surface area (TPSA) is 67.2 Å². The Morgan fingerprint density at radius 1 is 1.16 bits per heavy atom. The zero-order chi connectivity index (χ0) is 22.5. The molecule has 2 fully saturated rings. The molecule has 2 heterocycles. The van der Waals surface area contributed by atoms with E-state index in [1.807, 2.05) is 43.3 Å². The van der Waals surface area contributed by atoms with E-state index in [4.69, 9.17) is 16.6 Å². The normalized spacial score (nSPS) is 24.3. The van der Waals surface area contributed by atoms with Crippen LogP contribution in [0, 0.1) is 5.92 Å². The van der Waals surface area contributed by atoms with E-state index in [2.05, 4.69) is 28.9 Å². The first-order valence-corrected chi connectivity index (χ1v) is 11.6. The molecule has 1 atom stereocenters. The van der Waals surface area contributed by atoms with E-state index in [1.54, 1.807) is 0 Å². The summed E-state index contributed by atoms with van der Waals surface area (Å²) in [4.78, 5) is 32.8. The molecule has 32 heavy (non-hydrogen) atoms. The molecule has 7 heteroatoms. The van der Waals surface area contributed by atoms with Crippen molar-refractivity contribution in [2.45, 2.75) is 57.7 Å². The average molecular weight is 451 g/mol. The van der Waals surface area contributed by atoms with Crippen LogP contribution >= 0.6 is 11.6 Å². The first kappa shape index (κ1) is 21.0. The molecule has 1 N–H and O–H groups in total. The van der Waals surface area contributed by atoms with Crippen LogP contribution in [0.1, 0.15) is 57.0 Å². The number of amides is 3. The number of imide groups is 1. The van der Waals surface area contributed by atoms with Crippen LogP contribution < -0.4 is 5.32 Å². The van der Waals surface area contributed by atoms with Crippen LogP contribution in [-0.2, 0) is 11.3 Å².